The lowest BCUT2D eigenvalue weighted by atomic mass is 10.2. The van der Waals surface area contributed by atoms with Gasteiger partial charge in [-0.25, -0.2) is 4.98 Å². The molecule has 1 aliphatic rings. The van der Waals surface area contributed by atoms with E-state index in [1.54, 1.807) is 23.2 Å². The first kappa shape index (κ1) is 13.3. The van der Waals surface area contributed by atoms with Gasteiger partial charge in [-0.2, -0.15) is 0 Å². The van der Waals surface area contributed by atoms with Crippen LogP contribution in [-0.4, -0.2) is 60.2 Å². The van der Waals surface area contributed by atoms with Crippen molar-refractivity contribution in [3.05, 3.63) is 29.0 Å². The topological polar surface area (TPSA) is 57.9 Å². The SMILES string of the molecule is O=C(c1cccnc1Cl)N1CC[NH+](CCO)CC1. The zero-order valence-corrected chi connectivity index (χ0v) is 10.9. The molecule has 0 bridgehead atoms. The molecule has 18 heavy (non-hydrogen) atoms. The lowest BCUT2D eigenvalue weighted by molar-refractivity contribution is -0.904. The third-order valence-corrected chi connectivity index (χ3v) is 3.51. The molecule has 2 heterocycles. The number of aliphatic hydroxyl groups is 1. The van der Waals surface area contributed by atoms with Crippen molar-refractivity contribution < 1.29 is 14.8 Å². The van der Waals surface area contributed by atoms with Gasteiger partial charge in [-0.05, 0) is 12.1 Å². The van der Waals surface area contributed by atoms with Crippen LogP contribution in [-0.2, 0) is 0 Å². The van der Waals surface area contributed by atoms with Gasteiger partial charge in [0, 0.05) is 6.20 Å². The highest BCUT2D eigenvalue weighted by Gasteiger charge is 2.25. The lowest BCUT2D eigenvalue weighted by Gasteiger charge is -2.32. The molecule has 0 aromatic carbocycles. The number of quaternary nitrogens is 1. The quantitative estimate of drug-likeness (QED) is 0.698. The van der Waals surface area contributed by atoms with E-state index in [2.05, 4.69) is 4.98 Å². The number of carbonyl (C=O) groups excluding carboxylic acids is 1. The minimum Gasteiger partial charge on any atom is -0.391 e. The average molecular weight is 271 g/mol. The third-order valence-electron chi connectivity index (χ3n) is 3.21. The summed E-state index contributed by atoms with van der Waals surface area (Å²) in [6.45, 7) is 4.06. The Bertz CT molecular complexity index is 420. The van der Waals surface area contributed by atoms with Gasteiger partial charge in [0.2, 0.25) is 0 Å². The number of piperazine rings is 1. The van der Waals surface area contributed by atoms with Gasteiger partial charge in [-0.1, -0.05) is 11.6 Å². The number of rotatable bonds is 3. The minimum absolute atomic E-state index is 0.0591. The fourth-order valence-corrected chi connectivity index (χ4v) is 2.35. The van der Waals surface area contributed by atoms with Crippen LogP contribution in [0, 0.1) is 0 Å². The van der Waals surface area contributed by atoms with Gasteiger partial charge < -0.3 is 14.9 Å². The largest absolute Gasteiger partial charge is 0.391 e. The second-order valence-electron chi connectivity index (χ2n) is 4.36. The van der Waals surface area contributed by atoms with Crippen molar-refractivity contribution in [1.29, 1.82) is 0 Å². The summed E-state index contributed by atoms with van der Waals surface area (Å²) in [7, 11) is 0. The van der Waals surface area contributed by atoms with Crippen LogP contribution in [0.2, 0.25) is 5.15 Å². The number of carbonyl (C=O) groups is 1. The molecule has 0 atom stereocenters. The summed E-state index contributed by atoms with van der Waals surface area (Å²) in [6, 6.07) is 3.41. The Hall–Kier alpha value is -1.17. The van der Waals surface area contributed by atoms with Gasteiger partial charge in [0.25, 0.3) is 5.91 Å². The van der Waals surface area contributed by atoms with E-state index in [-0.39, 0.29) is 17.7 Å². The van der Waals surface area contributed by atoms with Gasteiger partial charge in [0.05, 0.1) is 38.3 Å². The summed E-state index contributed by atoms with van der Waals surface area (Å²) in [6.07, 6.45) is 1.57. The molecule has 6 heteroatoms. The zero-order valence-electron chi connectivity index (χ0n) is 10.1. The normalized spacial score (nSPS) is 16.9. The number of pyridine rings is 1. The van der Waals surface area contributed by atoms with Crippen LogP contribution in [0.15, 0.2) is 18.3 Å². The number of aromatic nitrogens is 1. The molecule has 0 radical (unpaired) electrons. The summed E-state index contributed by atoms with van der Waals surface area (Å²) in [4.78, 5) is 19.3. The summed E-state index contributed by atoms with van der Waals surface area (Å²) in [5.41, 5.74) is 0.463. The van der Waals surface area contributed by atoms with Crippen molar-refractivity contribution >= 4 is 17.5 Å². The van der Waals surface area contributed by atoms with E-state index < -0.39 is 0 Å². The maximum atomic E-state index is 12.2. The standard InChI is InChI=1S/C12H16ClN3O2/c13-11-10(2-1-3-14-11)12(18)16-6-4-15(5-7-16)8-9-17/h1-3,17H,4-9H2/p+1. The molecule has 0 aliphatic carbocycles. The van der Waals surface area contributed by atoms with Crippen LogP contribution in [0.1, 0.15) is 10.4 Å². The Morgan fingerprint density at radius 2 is 2.22 bits per heavy atom. The van der Waals surface area contributed by atoms with Gasteiger partial charge in [0.15, 0.2) is 0 Å². The van der Waals surface area contributed by atoms with Crippen LogP contribution in [0.4, 0.5) is 0 Å². The zero-order chi connectivity index (χ0) is 13.0. The molecule has 2 N–H and O–H groups in total. The Morgan fingerprint density at radius 1 is 1.50 bits per heavy atom. The van der Waals surface area contributed by atoms with Crippen molar-refractivity contribution in [3.8, 4) is 0 Å². The predicted molar refractivity (Wildman–Crippen MR) is 67.8 cm³/mol. The summed E-state index contributed by atoms with van der Waals surface area (Å²) >= 11 is 5.92. The molecule has 1 fully saturated rings. The van der Waals surface area contributed by atoms with E-state index in [4.69, 9.17) is 16.7 Å². The number of halogens is 1. The summed E-state index contributed by atoms with van der Waals surface area (Å²) < 4.78 is 0. The first-order valence-corrected chi connectivity index (χ1v) is 6.44. The number of hydrogen-bond donors (Lipinski definition) is 2. The number of amides is 1. The van der Waals surface area contributed by atoms with Crippen molar-refractivity contribution in [2.24, 2.45) is 0 Å². The first-order valence-electron chi connectivity index (χ1n) is 6.06. The first-order chi connectivity index (χ1) is 8.72. The van der Waals surface area contributed by atoms with Crippen LogP contribution < -0.4 is 4.90 Å². The van der Waals surface area contributed by atoms with Gasteiger partial charge in [-0.3, -0.25) is 4.79 Å². The summed E-state index contributed by atoms with van der Waals surface area (Å²) in [5, 5.41) is 9.14. The molecule has 98 valence electrons. The van der Waals surface area contributed by atoms with Crippen LogP contribution in [0.25, 0.3) is 0 Å². The summed E-state index contributed by atoms with van der Waals surface area (Å²) in [5.74, 6) is -0.0591. The Kier molecular flexibility index (Phi) is 4.52. The minimum atomic E-state index is -0.0591. The molecular formula is C12H17ClN3O2+. The monoisotopic (exact) mass is 270 g/mol. The molecule has 0 saturated carbocycles. The fraction of sp³-hybridized carbons (Fsp3) is 0.500. The molecule has 1 aromatic rings. The fourth-order valence-electron chi connectivity index (χ4n) is 2.15. The average Bonchev–Trinajstić information content (AvgIpc) is 2.40. The Labute approximate surface area is 111 Å². The van der Waals surface area contributed by atoms with Crippen LogP contribution in [0.3, 0.4) is 0 Å². The van der Waals surface area contributed by atoms with Gasteiger partial charge in [-0.15, -0.1) is 0 Å². The maximum absolute atomic E-state index is 12.2. The van der Waals surface area contributed by atoms with Crippen LogP contribution in [0.5, 0.6) is 0 Å². The second kappa shape index (κ2) is 6.13. The molecule has 1 saturated heterocycles. The smallest absolute Gasteiger partial charge is 0.257 e. The highest BCUT2D eigenvalue weighted by molar-refractivity contribution is 6.32. The number of hydrogen-bond acceptors (Lipinski definition) is 3. The molecule has 0 unspecified atom stereocenters. The maximum Gasteiger partial charge on any atom is 0.257 e. The van der Waals surface area contributed by atoms with E-state index in [0.717, 1.165) is 19.6 Å². The number of nitrogens with zero attached hydrogens (tertiary/aromatic N) is 2. The van der Waals surface area contributed by atoms with E-state index in [1.165, 1.54) is 4.90 Å². The molecule has 1 aliphatic heterocycles. The van der Waals surface area contributed by atoms with Crippen molar-refractivity contribution in [3.63, 3.8) is 0 Å². The Balaban J connectivity index is 1.98. The molecule has 0 spiro atoms. The number of aliphatic hydroxyl groups excluding tert-OH is 1. The van der Waals surface area contributed by atoms with E-state index in [1.807, 2.05) is 0 Å². The van der Waals surface area contributed by atoms with Crippen molar-refractivity contribution in [2.75, 3.05) is 39.3 Å². The molecule has 5 nitrogen and oxygen atoms in total. The van der Waals surface area contributed by atoms with E-state index in [9.17, 15) is 4.79 Å². The highest BCUT2D eigenvalue weighted by atomic mass is 35.5. The van der Waals surface area contributed by atoms with Crippen molar-refractivity contribution in [1.82, 2.24) is 9.88 Å². The lowest BCUT2D eigenvalue weighted by Crippen LogP contribution is -3.15. The Morgan fingerprint density at radius 3 is 2.83 bits per heavy atom. The second-order valence-corrected chi connectivity index (χ2v) is 4.72. The van der Waals surface area contributed by atoms with Crippen molar-refractivity contribution in [2.45, 2.75) is 0 Å². The molecule has 1 amide bonds. The van der Waals surface area contributed by atoms with E-state index >= 15 is 0 Å². The third kappa shape index (κ3) is 2.98. The molecule has 2 rings (SSSR count). The molecular weight excluding hydrogens is 254 g/mol. The molecule has 1 aromatic heterocycles. The van der Waals surface area contributed by atoms with Gasteiger partial charge in [0.1, 0.15) is 11.7 Å². The highest BCUT2D eigenvalue weighted by Crippen LogP contribution is 2.14. The van der Waals surface area contributed by atoms with Crippen LogP contribution >= 0.6 is 11.6 Å². The van der Waals surface area contributed by atoms with E-state index in [0.29, 0.717) is 18.7 Å². The predicted octanol–water partition coefficient (Wildman–Crippen LogP) is -0.932. The number of nitrogens with one attached hydrogen (secondary N) is 1. The van der Waals surface area contributed by atoms with Gasteiger partial charge >= 0.3 is 0 Å².